The molecule has 0 unspecified atom stereocenters. The van der Waals surface area contributed by atoms with Crippen molar-refractivity contribution < 1.29 is 9.53 Å². The molecule has 0 atom stereocenters. The van der Waals surface area contributed by atoms with E-state index in [0.717, 1.165) is 5.69 Å². The van der Waals surface area contributed by atoms with Crippen LogP contribution in [0.15, 0.2) is 34.4 Å². The number of anilines is 1. The number of carbonyl (C=O) groups excluding carboxylic acids is 1. The number of rotatable bonds is 4. The Morgan fingerprint density at radius 3 is 2.92 bits per heavy atom. The fourth-order valence-electron chi connectivity index (χ4n) is 2.44. The first-order valence-corrected chi connectivity index (χ1v) is 8.38. The second kappa shape index (κ2) is 6.45. The molecule has 0 fully saturated rings. The number of nitrogens with zero attached hydrogens (tertiary/aromatic N) is 2. The number of thiazole rings is 1. The summed E-state index contributed by atoms with van der Waals surface area (Å²) in [5.41, 5.74) is 1.74. The van der Waals surface area contributed by atoms with Crippen LogP contribution in [0.4, 0.5) is 5.69 Å². The van der Waals surface area contributed by atoms with E-state index in [4.69, 9.17) is 4.74 Å². The Morgan fingerprint density at radius 2 is 2.21 bits per heavy atom. The molecule has 2 aromatic heterocycles. The minimum absolute atomic E-state index is 0.202. The Labute approximate surface area is 142 Å². The fourth-order valence-corrected chi connectivity index (χ4v) is 3.45. The van der Waals surface area contributed by atoms with Crippen LogP contribution in [-0.4, -0.2) is 22.4 Å². The maximum atomic E-state index is 12.8. The number of hydrogen-bond acceptors (Lipinski definition) is 5. The van der Waals surface area contributed by atoms with Gasteiger partial charge in [0.1, 0.15) is 11.4 Å². The molecule has 0 saturated heterocycles. The molecule has 0 saturated carbocycles. The van der Waals surface area contributed by atoms with E-state index in [9.17, 15) is 9.59 Å². The first-order valence-electron chi connectivity index (χ1n) is 7.50. The Balaban J connectivity index is 2.03. The van der Waals surface area contributed by atoms with Crippen molar-refractivity contribution in [2.75, 3.05) is 12.4 Å². The van der Waals surface area contributed by atoms with Crippen molar-refractivity contribution >= 4 is 27.9 Å². The number of aryl methyl sites for hydroxylation is 2. The lowest BCUT2D eigenvalue weighted by atomic mass is 10.2. The SMILES string of the molecule is CCc1csc2nc(C)c(NC(=O)c3cccc(OC)c3)c(=O)n12. The van der Waals surface area contributed by atoms with Crippen molar-refractivity contribution in [2.45, 2.75) is 20.3 Å². The van der Waals surface area contributed by atoms with Crippen molar-refractivity contribution in [2.24, 2.45) is 0 Å². The summed E-state index contributed by atoms with van der Waals surface area (Å²) in [5.74, 6) is 0.208. The molecule has 0 bridgehead atoms. The number of amides is 1. The maximum absolute atomic E-state index is 12.8. The van der Waals surface area contributed by atoms with Crippen LogP contribution in [0.1, 0.15) is 28.7 Å². The number of nitrogens with one attached hydrogen (secondary N) is 1. The molecule has 3 aromatic rings. The fraction of sp³-hybridized carbons (Fsp3) is 0.235. The van der Waals surface area contributed by atoms with Gasteiger partial charge in [-0.2, -0.15) is 0 Å². The van der Waals surface area contributed by atoms with Crippen LogP contribution in [0, 0.1) is 6.92 Å². The van der Waals surface area contributed by atoms with E-state index in [2.05, 4.69) is 10.3 Å². The van der Waals surface area contributed by atoms with Crippen LogP contribution in [0.2, 0.25) is 0 Å². The van der Waals surface area contributed by atoms with Gasteiger partial charge in [-0.25, -0.2) is 4.98 Å². The van der Waals surface area contributed by atoms with Crippen LogP contribution >= 0.6 is 11.3 Å². The molecule has 0 radical (unpaired) electrons. The average molecular weight is 343 g/mol. The molecule has 2 heterocycles. The zero-order valence-corrected chi connectivity index (χ0v) is 14.4. The van der Waals surface area contributed by atoms with Gasteiger partial charge < -0.3 is 10.1 Å². The van der Waals surface area contributed by atoms with Gasteiger partial charge in [0.2, 0.25) is 0 Å². The predicted octanol–water partition coefficient (Wildman–Crippen LogP) is 2.89. The molecule has 3 rings (SSSR count). The van der Waals surface area contributed by atoms with Gasteiger partial charge in [0.05, 0.1) is 12.8 Å². The highest BCUT2D eigenvalue weighted by Crippen LogP contribution is 2.18. The van der Waals surface area contributed by atoms with Crippen LogP contribution in [0.25, 0.3) is 4.96 Å². The third-order valence-electron chi connectivity index (χ3n) is 3.75. The zero-order valence-electron chi connectivity index (χ0n) is 13.6. The number of carbonyl (C=O) groups is 1. The van der Waals surface area contributed by atoms with Gasteiger partial charge in [0, 0.05) is 16.6 Å². The molecule has 0 aliphatic rings. The van der Waals surface area contributed by atoms with E-state index in [0.29, 0.717) is 28.4 Å². The quantitative estimate of drug-likeness (QED) is 0.790. The van der Waals surface area contributed by atoms with Gasteiger partial charge in [0.15, 0.2) is 4.96 Å². The first-order chi connectivity index (χ1) is 11.5. The van der Waals surface area contributed by atoms with Gasteiger partial charge in [0.25, 0.3) is 11.5 Å². The molecule has 24 heavy (non-hydrogen) atoms. The van der Waals surface area contributed by atoms with Crippen LogP contribution in [0.3, 0.4) is 0 Å². The van der Waals surface area contributed by atoms with Crippen molar-refractivity contribution in [1.29, 1.82) is 0 Å². The topological polar surface area (TPSA) is 72.7 Å². The van der Waals surface area contributed by atoms with Crippen molar-refractivity contribution in [1.82, 2.24) is 9.38 Å². The summed E-state index contributed by atoms with van der Waals surface area (Å²) < 4.78 is 6.68. The second-order valence-corrected chi connectivity index (χ2v) is 6.10. The van der Waals surface area contributed by atoms with E-state index < -0.39 is 0 Å². The molecule has 0 aliphatic carbocycles. The number of hydrogen-bond donors (Lipinski definition) is 1. The minimum atomic E-state index is -0.371. The van der Waals surface area contributed by atoms with Crippen molar-refractivity contribution in [3.05, 3.63) is 57.0 Å². The normalized spacial score (nSPS) is 10.8. The van der Waals surface area contributed by atoms with Gasteiger partial charge in [-0.15, -0.1) is 11.3 Å². The lowest BCUT2D eigenvalue weighted by molar-refractivity contribution is 0.102. The smallest absolute Gasteiger partial charge is 0.282 e. The second-order valence-electron chi connectivity index (χ2n) is 5.26. The molecular formula is C17H17N3O3S. The highest BCUT2D eigenvalue weighted by molar-refractivity contribution is 7.15. The summed E-state index contributed by atoms with van der Waals surface area (Å²) in [4.78, 5) is 30.3. The maximum Gasteiger partial charge on any atom is 0.282 e. The number of aromatic nitrogens is 2. The summed E-state index contributed by atoms with van der Waals surface area (Å²) in [7, 11) is 1.54. The van der Waals surface area contributed by atoms with Gasteiger partial charge in [-0.05, 0) is 31.5 Å². The summed E-state index contributed by atoms with van der Waals surface area (Å²) in [6, 6.07) is 6.77. The standard InChI is InChI=1S/C17H17N3O3S/c1-4-12-9-24-17-18-10(2)14(16(22)20(12)17)19-15(21)11-6-5-7-13(8-11)23-3/h5-9H,4H2,1-3H3,(H,19,21). The molecule has 0 aliphatic heterocycles. The Morgan fingerprint density at radius 1 is 1.42 bits per heavy atom. The summed E-state index contributed by atoms with van der Waals surface area (Å²) >= 11 is 1.42. The lowest BCUT2D eigenvalue weighted by Crippen LogP contribution is -2.25. The molecule has 6 nitrogen and oxygen atoms in total. The van der Waals surface area contributed by atoms with E-state index in [-0.39, 0.29) is 17.2 Å². The van der Waals surface area contributed by atoms with Gasteiger partial charge in [-0.1, -0.05) is 13.0 Å². The van der Waals surface area contributed by atoms with E-state index in [1.165, 1.54) is 18.4 Å². The number of methoxy groups -OCH3 is 1. The molecule has 1 N–H and O–H groups in total. The van der Waals surface area contributed by atoms with Crippen LogP contribution in [0.5, 0.6) is 5.75 Å². The molecule has 0 spiro atoms. The minimum Gasteiger partial charge on any atom is -0.497 e. The molecule has 7 heteroatoms. The summed E-state index contributed by atoms with van der Waals surface area (Å²) in [6.07, 6.45) is 0.716. The lowest BCUT2D eigenvalue weighted by Gasteiger charge is -2.09. The summed E-state index contributed by atoms with van der Waals surface area (Å²) in [5, 5.41) is 4.61. The number of benzene rings is 1. The predicted molar refractivity (Wildman–Crippen MR) is 94.4 cm³/mol. The third kappa shape index (κ3) is 2.78. The molecule has 1 amide bonds. The van der Waals surface area contributed by atoms with Gasteiger partial charge in [-0.3, -0.25) is 14.0 Å². The molecular weight excluding hydrogens is 326 g/mol. The largest absolute Gasteiger partial charge is 0.497 e. The highest BCUT2D eigenvalue weighted by Gasteiger charge is 2.16. The average Bonchev–Trinajstić information content (AvgIpc) is 3.01. The number of fused-ring (bicyclic) bond motifs is 1. The monoisotopic (exact) mass is 343 g/mol. The van der Waals surface area contributed by atoms with Crippen molar-refractivity contribution in [3.8, 4) is 5.75 Å². The zero-order chi connectivity index (χ0) is 17.3. The number of ether oxygens (including phenoxy) is 1. The Bertz CT molecular complexity index is 975. The summed E-state index contributed by atoms with van der Waals surface area (Å²) in [6.45, 7) is 3.69. The van der Waals surface area contributed by atoms with Crippen LogP contribution in [-0.2, 0) is 6.42 Å². The molecule has 1 aromatic carbocycles. The highest BCUT2D eigenvalue weighted by atomic mass is 32.1. The molecule has 124 valence electrons. The van der Waals surface area contributed by atoms with E-state index in [1.54, 1.807) is 35.6 Å². The van der Waals surface area contributed by atoms with Gasteiger partial charge >= 0.3 is 0 Å². The first kappa shape index (κ1) is 16.2. The van der Waals surface area contributed by atoms with E-state index >= 15 is 0 Å². The van der Waals surface area contributed by atoms with Crippen molar-refractivity contribution in [3.63, 3.8) is 0 Å². The Kier molecular flexibility index (Phi) is 4.35. The van der Waals surface area contributed by atoms with E-state index in [1.807, 2.05) is 12.3 Å². The Hall–Kier alpha value is -2.67. The van der Waals surface area contributed by atoms with Crippen LogP contribution < -0.4 is 15.6 Å². The third-order valence-corrected chi connectivity index (χ3v) is 4.63.